The lowest BCUT2D eigenvalue weighted by molar-refractivity contribution is -0.133. The Hall–Kier alpha value is -2.73. The molecule has 21 heavy (non-hydrogen) atoms. The Labute approximate surface area is 122 Å². The normalized spacial score (nSPS) is 11.9. The molecule has 6 nitrogen and oxygen atoms in total. The predicted molar refractivity (Wildman–Crippen MR) is 79.6 cm³/mol. The highest BCUT2D eigenvalue weighted by molar-refractivity contribution is 5.86. The summed E-state index contributed by atoms with van der Waals surface area (Å²) in [7, 11) is 0. The lowest BCUT2D eigenvalue weighted by atomic mass is 10.1. The summed E-state index contributed by atoms with van der Waals surface area (Å²) in [5, 5.41) is 11.1. The second-order valence-electron chi connectivity index (χ2n) is 4.66. The van der Waals surface area contributed by atoms with E-state index in [2.05, 4.69) is 6.07 Å². The molecule has 2 aromatic carbocycles. The Morgan fingerprint density at radius 2 is 1.90 bits per heavy atom. The SMILES string of the molecule is Cc1ccc2cc(CO/C(N)=C(/NN)C(=O)O)ccc2c1. The fourth-order valence-corrected chi connectivity index (χ4v) is 1.98. The fraction of sp³-hybridized carbons (Fsp3) is 0.133. The Balaban J connectivity index is 2.17. The molecule has 6 heteroatoms. The number of benzene rings is 2. The van der Waals surface area contributed by atoms with Gasteiger partial charge in [0.05, 0.1) is 0 Å². The fourth-order valence-electron chi connectivity index (χ4n) is 1.98. The van der Waals surface area contributed by atoms with E-state index in [-0.39, 0.29) is 18.2 Å². The minimum atomic E-state index is -1.27. The molecule has 0 aliphatic heterocycles. The van der Waals surface area contributed by atoms with Crippen molar-refractivity contribution < 1.29 is 14.6 Å². The van der Waals surface area contributed by atoms with Crippen LogP contribution in [-0.4, -0.2) is 11.1 Å². The number of hydrogen-bond acceptors (Lipinski definition) is 5. The van der Waals surface area contributed by atoms with E-state index in [0.29, 0.717) is 0 Å². The number of carbonyl (C=O) groups is 1. The van der Waals surface area contributed by atoms with E-state index in [9.17, 15) is 4.79 Å². The molecule has 0 bridgehead atoms. The molecule has 2 aromatic rings. The van der Waals surface area contributed by atoms with Gasteiger partial charge < -0.3 is 21.0 Å². The van der Waals surface area contributed by atoms with Crippen LogP contribution in [0.3, 0.4) is 0 Å². The molecule has 0 saturated carbocycles. The lowest BCUT2D eigenvalue weighted by Gasteiger charge is -2.10. The number of nitrogens with two attached hydrogens (primary N) is 2. The standard InChI is InChI=1S/C15H17N3O3/c1-9-2-4-12-7-10(3-5-11(12)6-9)8-21-14(16)13(18-17)15(19)20/h2-7,18H,8,16-17H2,1H3,(H,19,20)/b14-13+. The monoisotopic (exact) mass is 287 g/mol. The molecular formula is C15H17N3O3. The van der Waals surface area contributed by atoms with Crippen molar-refractivity contribution in [1.82, 2.24) is 5.43 Å². The second kappa shape index (κ2) is 6.15. The number of carboxylic acids is 1. The van der Waals surface area contributed by atoms with Crippen LogP contribution in [0, 0.1) is 6.92 Å². The largest absolute Gasteiger partial charge is 0.476 e. The zero-order valence-electron chi connectivity index (χ0n) is 11.6. The minimum absolute atomic E-state index is 0.161. The van der Waals surface area contributed by atoms with Gasteiger partial charge in [0.15, 0.2) is 5.70 Å². The first kappa shape index (κ1) is 14.7. The first-order valence-corrected chi connectivity index (χ1v) is 6.33. The van der Waals surface area contributed by atoms with E-state index in [4.69, 9.17) is 21.4 Å². The maximum absolute atomic E-state index is 10.8. The highest BCUT2D eigenvalue weighted by atomic mass is 16.5. The molecule has 0 spiro atoms. The van der Waals surface area contributed by atoms with Gasteiger partial charge in [0.25, 0.3) is 0 Å². The van der Waals surface area contributed by atoms with Gasteiger partial charge in [-0.25, -0.2) is 4.79 Å². The predicted octanol–water partition coefficient (Wildman–Crippen LogP) is 1.34. The Bertz CT molecular complexity index is 710. The molecule has 0 saturated heterocycles. The number of nitrogens with one attached hydrogen (secondary N) is 1. The van der Waals surface area contributed by atoms with Crippen LogP contribution < -0.4 is 17.0 Å². The maximum Gasteiger partial charge on any atom is 0.358 e. The molecule has 0 aliphatic rings. The van der Waals surface area contributed by atoms with Crippen LogP contribution in [0.2, 0.25) is 0 Å². The third-order valence-corrected chi connectivity index (χ3v) is 3.06. The van der Waals surface area contributed by atoms with Gasteiger partial charge >= 0.3 is 5.97 Å². The Morgan fingerprint density at radius 1 is 1.24 bits per heavy atom. The molecule has 0 aromatic heterocycles. The van der Waals surface area contributed by atoms with Gasteiger partial charge in [-0.1, -0.05) is 35.9 Å². The van der Waals surface area contributed by atoms with Crippen molar-refractivity contribution >= 4 is 16.7 Å². The van der Waals surface area contributed by atoms with Gasteiger partial charge in [-0.2, -0.15) is 0 Å². The summed E-state index contributed by atoms with van der Waals surface area (Å²) in [6.45, 7) is 2.20. The molecule has 2 rings (SSSR count). The van der Waals surface area contributed by atoms with Crippen LogP contribution in [0.15, 0.2) is 48.0 Å². The van der Waals surface area contributed by atoms with E-state index in [1.54, 1.807) is 0 Å². The van der Waals surface area contributed by atoms with E-state index < -0.39 is 5.97 Å². The molecule has 0 radical (unpaired) electrons. The summed E-state index contributed by atoms with van der Waals surface area (Å²) in [4.78, 5) is 10.8. The lowest BCUT2D eigenvalue weighted by Crippen LogP contribution is -2.30. The number of aliphatic carboxylic acids is 1. The summed E-state index contributed by atoms with van der Waals surface area (Å²) in [5.74, 6) is 3.55. The third kappa shape index (κ3) is 3.43. The van der Waals surface area contributed by atoms with Crippen molar-refractivity contribution in [2.24, 2.45) is 11.6 Å². The molecular weight excluding hydrogens is 270 g/mol. The van der Waals surface area contributed by atoms with Gasteiger partial charge in [0, 0.05) is 0 Å². The molecule has 0 atom stereocenters. The minimum Gasteiger partial charge on any atom is -0.476 e. The van der Waals surface area contributed by atoms with Crippen molar-refractivity contribution in [3.63, 3.8) is 0 Å². The summed E-state index contributed by atoms with van der Waals surface area (Å²) in [5.41, 5.74) is 9.26. The quantitative estimate of drug-likeness (QED) is 0.286. The first-order chi connectivity index (χ1) is 10.0. The van der Waals surface area contributed by atoms with Crippen molar-refractivity contribution in [2.75, 3.05) is 0 Å². The topological polar surface area (TPSA) is 111 Å². The van der Waals surface area contributed by atoms with Gasteiger partial charge in [-0.15, -0.1) is 0 Å². The maximum atomic E-state index is 10.8. The van der Waals surface area contributed by atoms with Crippen molar-refractivity contribution in [1.29, 1.82) is 0 Å². The summed E-state index contributed by atoms with van der Waals surface area (Å²) < 4.78 is 5.25. The zero-order valence-corrected chi connectivity index (χ0v) is 11.6. The van der Waals surface area contributed by atoms with E-state index in [0.717, 1.165) is 16.3 Å². The number of aryl methyl sites for hydroxylation is 1. The summed E-state index contributed by atoms with van der Waals surface area (Å²) in [6.07, 6.45) is 0. The number of fused-ring (bicyclic) bond motifs is 1. The van der Waals surface area contributed by atoms with Crippen LogP contribution in [0.25, 0.3) is 10.8 Å². The molecule has 6 N–H and O–H groups in total. The molecule has 0 fully saturated rings. The van der Waals surface area contributed by atoms with Crippen LogP contribution in [0.1, 0.15) is 11.1 Å². The molecule has 0 amide bonds. The Kier molecular flexibility index (Phi) is 4.30. The summed E-state index contributed by atoms with van der Waals surface area (Å²) in [6, 6.07) is 12.0. The number of rotatable bonds is 5. The number of ether oxygens (including phenoxy) is 1. The average Bonchev–Trinajstić information content (AvgIpc) is 2.45. The Morgan fingerprint density at radius 3 is 2.57 bits per heavy atom. The third-order valence-electron chi connectivity index (χ3n) is 3.06. The van der Waals surface area contributed by atoms with Crippen molar-refractivity contribution in [2.45, 2.75) is 13.5 Å². The molecule has 0 heterocycles. The number of hydrazine groups is 1. The van der Waals surface area contributed by atoms with Crippen LogP contribution in [-0.2, 0) is 16.1 Å². The van der Waals surface area contributed by atoms with Crippen LogP contribution in [0.4, 0.5) is 0 Å². The second-order valence-corrected chi connectivity index (χ2v) is 4.66. The highest BCUT2D eigenvalue weighted by Gasteiger charge is 2.12. The smallest absolute Gasteiger partial charge is 0.358 e. The van der Waals surface area contributed by atoms with Gasteiger partial charge in [0.1, 0.15) is 6.61 Å². The van der Waals surface area contributed by atoms with Gasteiger partial charge in [0.2, 0.25) is 5.88 Å². The van der Waals surface area contributed by atoms with E-state index in [1.165, 1.54) is 5.56 Å². The van der Waals surface area contributed by atoms with Crippen molar-refractivity contribution in [3.05, 3.63) is 59.1 Å². The molecule has 0 unspecified atom stereocenters. The van der Waals surface area contributed by atoms with Crippen LogP contribution in [0.5, 0.6) is 0 Å². The number of hydrogen-bond donors (Lipinski definition) is 4. The van der Waals surface area contributed by atoms with Crippen LogP contribution >= 0.6 is 0 Å². The average molecular weight is 287 g/mol. The first-order valence-electron chi connectivity index (χ1n) is 6.33. The van der Waals surface area contributed by atoms with E-state index >= 15 is 0 Å². The van der Waals surface area contributed by atoms with Gasteiger partial charge in [-0.3, -0.25) is 5.84 Å². The van der Waals surface area contributed by atoms with Crippen molar-refractivity contribution in [3.8, 4) is 0 Å². The molecule has 0 aliphatic carbocycles. The zero-order chi connectivity index (χ0) is 15.4. The number of carboxylic acid groups (broad SMARTS) is 1. The summed E-state index contributed by atoms with van der Waals surface area (Å²) >= 11 is 0. The molecule has 110 valence electrons. The van der Waals surface area contributed by atoms with Gasteiger partial charge in [-0.05, 0) is 29.3 Å². The highest BCUT2D eigenvalue weighted by Crippen LogP contribution is 2.18. The van der Waals surface area contributed by atoms with E-state index in [1.807, 2.05) is 42.7 Å².